The Balaban J connectivity index is 2.80. The van der Waals surface area contributed by atoms with Crippen LogP contribution in [-0.2, 0) is 10.2 Å². The molecule has 3 nitrogen and oxygen atoms in total. The van der Waals surface area contributed by atoms with Crippen molar-refractivity contribution in [3.05, 3.63) is 35.9 Å². The number of carbonyl (C=O) groups excluding carboxylic acids is 1. The number of carbonyl (C=O) groups is 1. The lowest BCUT2D eigenvalue weighted by Crippen LogP contribution is -2.50. The third kappa shape index (κ3) is 3.30. The first-order valence-electron chi connectivity index (χ1n) is 5.96. The Hall–Kier alpha value is -1.35. The highest BCUT2D eigenvalue weighted by Crippen LogP contribution is 2.26. The zero-order chi connectivity index (χ0) is 13.1. The normalized spacial score (nSPS) is 15.3. The zero-order valence-corrected chi connectivity index (χ0v) is 11.0. The first-order valence-corrected chi connectivity index (χ1v) is 5.96. The third-order valence-electron chi connectivity index (χ3n) is 3.53. The largest absolute Gasteiger partial charge is 0.368 e. The monoisotopic (exact) mass is 234 g/mol. The number of amides is 1. The molecule has 0 heterocycles. The van der Waals surface area contributed by atoms with Crippen molar-refractivity contribution in [3.63, 3.8) is 0 Å². The van der Waals surface area contributed by atoms with Gasteiger partial charge in [-0.1, -0.05) is 44.2 Å². The number of benzene rings is 1. The Kier molecular flexibility index (Phi) is 4.29. The van der Waals surface area contributed by atoms with E-state index >= 15 is 0 Å². The van der Waals surface area contributed by atoms with Gasteiger partial charge in [0.05, 0.1) is 6.04 Å². The Labute approximate surface area is 103 Å². The lowest BCUT2D eigenvalue weighted by atomic mass is 9.78. The molecule has 0 aliphatic carbocycles. The van der Waals surface area contributed by atoms with Crippen molar-refractivity contribution in [1.82, 2.24) is 5.32 Å². The minimum absolute atomic E-state index is 0.0506. The average molecular weight is 234 g/mol. The lowest BCUT2D eigenvalue weighted by molar-refractivity contribution is -0.119. The molecule has 3 heteroatoms. The molecule has 1 aromatic rings. The average Bonchev–Trinajstić information content (AvgIpc) is 2.29. The van der Waals surface area contributed by atoms with E-state index < -0.39 is 0 Å². The first-order chi connectivity index (χ1) is 7.85. The Morgan fingerprint density at radius 2 is 1.76 bits per heavy atom. The summed E-state index contributed by atoms with van der Waals surface area (Å²) in [6.07, 6.45) is 0. The van der Waals surface area contributed by atoms with Gasteiger partial charge in [-0.3, -0.25) is 4.79 Å². The van der Waals surface area contributed by atoms with Crippen molar-refractivity contribution >= 4 is 5.91 Å². The second-order valence-corrected chi connectivity index (χ2v) is 5.10. The summed E-state index contributed by atoms with van der Waals surface area (Å²) in [5.41, 5.74) is 6.46. The third-order valence-corrected chi connectivity index (χ3v) is 3.53. The predicted molar refractivity (Wildman–Crippen MR) is 70.7 cm³/mol. The van der Waals surface area contributed by atoms with Crippen LogP contribution in [0.15, 0.2) is 30.3 Å². The van der Waals surface area contributed by atoms with Crippen molar-refractivity contribution in [2.75, 3.05) is 0 Å². The highest BCUT2D eigenvalue weighted by atomic mass is 16.1. The van der Waals surface area contributed by atoms with Crippen molar-refractivity contribution in [2.45, 2.75) is 45.2 Å². The van der Waals surface area contributed by atoms with Gasteiger partial charge in [0.2, 0.25) is 5.91 Å². The van der Waals surface area contributed by atoms with E-state index in [1.165, 1.54) is 5.56 Å². The summed E-state index contributed by atoms with van der Waals surface area (Å²) < 4.78 is 0. The van der Waals surface area contributed by atoms with Gasteiger partial charge in [0.1, 0.15) is 0 Å². The summed E-state index contributed by atoms with van der Waals surface area (Å²) in [6.45, 7) is 8.19. The quantitative estimate of drug-likeness (QED) is 0.816. The van der Waals surface area contributed by atoms with Crippen LogP contribution in [0.25, 0.3) is 0 Å². The van der Waals surface area contributed by atoms with E-state index in [1.807, 2.05) is 18.2 Å². The molecule has 1 amide bonds. The van der Waals surface area contributed by atoms with Gasteiger partial charge in [-0.05, 0) is 19.4 Å². The second kappa shape index (κ2) is 5.32. The van der Waals surface area contributed by atoms with Gasteiger partial charge in [-0.2, -0.15) is 0 Å². The van der Waals surface area contributed by atoms with E-state index in [4.69, 9.17) is 5.73 Å². The summed E-state index contributed by atoms with van der Waals surface area (Å²) >= 11 is 0. The summed E-state index contributed by atoms with van der Waals surface area (Å²) in [5, 5.41) is 3.24. The van der Waals surface area contributed by atoms with Crippen LogP contribution in [0.4, 0.5) is 0 Å². The molecule has 2 atom stereocenters. The summed E-state index contributed by atoms with van der Waals surface area (Å²) in [7, 11) is 0. The Morgan fingerprint density at radius 1 is 1.24 bits per heavy atom. The van der Waals surface area contributed by atoms with Gasteiger partial charge in [-0.15, -0.1) is 0 Å². The Morgan fingerprint density at radius 3 is 2.24 bits per heavy atom. The number of hydrogen-bond acceptors (Lipinski definition) is 2. The second-order valence-electron chi connectivity index (χ2n) is 5.10. The summed E-state index contributed by atoms with van der Waals surface area (Å²) in [5.74, 6) is -0.319. The van der Waals surface area contributed by atoms with Crippen molar-refractivity contribution < 1.29 is 4.79 Å². The van der Waals surface area contributed by atoms with E-state index in [1.54, 1.807) is 6.92 Å². The summed E-state index contributed by atoms with van der Waals surface area (Å²) in [4.78, 5) is 11.1. The SMILES string of the molecule is C[C@H](N[C@H](C)C(C)(C)c1ccccc1)C(N)=O. The molecule has 0 radical (unpaired) electrons. The first kappa shape index (κ1) is 13.7. The van der Waals surface area contributed by atoms with Crippen LogP contribution < -0.4 is 11.1 Å². The Bertz CT molecular complexity index is 373. The highest BCUT2D eigenvalue weighted by molar-refractivity contribution is 5.79. The molecule has 0 saturated carbocycles. The molecule has 1 rings (SSSR count). The van der Waals surface area contributed by atoms with Crippen molar-refractivity contribution in [3.8, 4) is 0 Å². The molecule has 94 valence electrons. The lowest BCUT2D eigenvalue weighted by Gasteiger charge is -2.34. The number of hydrogen-bond donors (Lipinski definition) is 2. The maximum atomic E-state index is 11.1. The molecule has 0 unspecified atom stereocenters. The smallest absolute Gasteiger partial charge is 0.234 e. The molecule has 0 aromatic heterocycles. The van der Waals surface area contributed by atoms with E-state index in [9.17, 15) is 4.79 Å². The minimum Gasteiger partial charge on any atom is -0.368 e. The van der Waals surface area contributed by atoms with Crippen LogP contribution in [0.1, 0.15) is 33.3 Å². The zero-order valence-electron chi connectivity index (χ0n) is 11.0. The number of rotatable bonds is 5. The molecular weight excluding hydrogens is 212 g/mol. The van der Waals surface area contributed by atoms with Crippen LogP contribution in [0.3, 0.4) is 0 Å². The van der Waals surface area contributed by atoms with Gasteiger partial charge < -0.3 is 11.1 Å². The molecule has 0 aliphatic heterocycles. The van der Waals surface area contributed by atoms with Gasteiger partial charge in [0.15, 0.2) is 0 Å². The molecule has 0 spiro atoms. The van der Waals surface area contributed by atoms with E-state index in [0.717, 1.165) is 0 Å². The van der Waals surface area contributed by atoms with Crippen LogP contribution in [0, 0.1) is 0 Å². The fraction of sp³-hybridized carbons (Fsp3) is 0.500. The topological polar surface area (TPSA) is 55.1 Å². The van der Waals surface area contributed by atoms with Gasteiger partial charge in [0.25, 0.3) is 0 Å². The molecule has 3 N–H and O–H groups in total. The number of nitrogens with one attached hydrogen (secondary N) is 1. The molecule has 0 saturated heterocycles. The van der Waals surface area contributed by atoms with Crippen LogP contribution in [0.5, 0.6) is 0 Å². The molecule has 0 fully saturated rings. The van der Waals surface area contributed by atoms with E-state index in [-0.39, 0.29) is 23.4 Å². The molecule has 17 heavy (non-hydrogen) atoms. The van der Waals surface area contributed by atoms with Crippen LogP contribution in [0.2, 0.25) is 0 Å². The number of primary amides is 1. The predicted octanol–water partition coefficient (Wildman–Crippen LogP) is 1.82. The maximum absolute atomic E-state index is 11.1. The van der Waals surface area contributed by atoms with Crippen molar-refractivity contribution in [2.24, 2.45) is 5.73 Å². The molecular formula is C14H22N2O. The highest BCUT2D eigenvalue weighted by Gasteiger charge is 2.29. The van der Waals surface area contributed by atoms with E-state index in [0.29, 0.717) is 0 Å². The fourth-order valence-electron chi connectivity index (χ4n) is 1.78. The fourth-order valence-corrected chi connectivity index (χ4v) is 1.78. The van der Waals surface area contributed by atoms with Gasteiger partial charge >= 0.3 is 0 Å². The van der Waals surface area contributed by atoms with E-state index in [2.05, 4.69) is 38.2 Å². The van der Waals surface area contributed by atoms with Gasteiger partial charge in [0, 0.05) is 11.5 Å². The minimum atomic E-state index is -0.319. The van der Waals surface area contributed by atoms with Crippen molar-refractivity contribution in [1.29, 1.82) is 0 Å². The number of nitrogens with two attached hydrogens (primary N) is 1. The molecule has 0 bridgehead atoms. The standard InChI is InChI=1S/C14H22N2O/c1-10(13(15)17)16-11(2)14(3,4)12-8-6-5-7-9-12/h5-11,16H,1-4H3,(H2,15,17)/t10-,11+/m0/s1. The molecule has 0 aliphatic rings. The van der Waals surface area contributed by atoms with Gasteiger partial charge in [-0.25, -0.2) is 0 Å². The maximum Gasteiger partial charge on any atom is 0.234 e. The van der Waals surface area contributed by atoms with Crippen LogP contribution >= 0.6 is 0 Å². The summed E-state index contributed by atoms with van der Waals surface area (Å²) in [6, 6.07) is 10.1. The molecule has 1 aromatic carbocycles. The van der Waals surface area contributed by atoms with Crippen LogP contribution in [-0.4, -0.2) is 18.0 Å².